The van der Waals surface area contributed by atoms with Crippen molar-refractivity contribution in [1.29, 1.82) is 5.41 Å². The first-order valence-electron chi connectivity index (χ1n) is 10.00. The average molecular weight is 469 g/mol. The normalized spacial score (nSPS) is 23.2. The zero-order valence-electron chi connectivity index (χ0n) is 17.4. The third kappa shape index (κ3) is 4.48. The number of nitrogens with one attached hydrogen (secondary N) is 3. The number of nitrogens with two attached hydrogens (primary N) is 1. The number of halogens is 2. The summed E-state index contributed by atoms with van der Waals surface area (Å²) in [7, 11) is 0. The van der Waals surface area contributed by atoms with Crippen LogP contribution in [0.1, 0.15) is 32.3 Å². The maximum absolute atomic E-state index is 12.8. The zero-order chi connectivity index (χ0) is 23.0. The fourth-order valence-electron chi connectivity index (χ4n) is 3.96. The summed E-state index contributed by atoms with van der Waals surface area (Å²) < 4.78 is -0.866. The molecule has 1 saturated carbocycles. The SMILES string of the molecule is CC1(C)[C@@H](CNC(=O)[C@@H]2CCCN2C(=O)CNc2cnccc2C(=N)C(N)=O)C1(Cl)Cl. The molecule has 3 amide bonds. The number of pyridine rings is 1. The van der Waals surface area contributed by atoms with E-state index in [-0.39, 0.29) is 41.0 Å². The van der Waals surface area contributed by atoms with Crippen LogP contribution in [-0.2, 0) is 14.4 Å². The molecular weight excluding hydrogens is 443 g/mol. The lowest BCUT2D eigenvalue weighted by molar-refractivity contribution is -0.137. The number of anilines is 1. The van der Waals surface area contributed by atoms with Crippen molar-refractivity contribution in [3.8, 4) is 0 Å². The van der Waals surface area contributed by atoms with E-state index < -0.39 is 16.3 Å². The number of primary amides is 1. The van der Waals surface area contributed by atoms with E-state index in [1.54, 1.807) is 0 Å². The fourth-order valence-corrected chi connectivity index (χ4v) is 4.81. The van der Waals surface area contributed by atoms with E-state index in [0.717, 1.165) is 6.42 Å². The smallest absolute Gasteiger partial charge is 0.267 e. The van der Waals surface area contributed by atoms with E-state index in [4.69, 9.17) is 34.3 Å². The first-order valence-corrected chi connectivity index (χ1v) is 10.8. The zero-order valence-corrected chi connectivity index (χ0v) is 18.9. The highest BCUT2D eigenvalue weighted by Gasteiger charge is 2.69. The summed E-state index contributed by atoms with van der Waals surface area (Å²) in [4.78, 5) is 42.3. The largest absolute Gasteiger partial charge is 0.374 e. The lowest BCUT2D eigenvalue weighted by Crippen LogP contribution is -2.48. The molecule has 1 aromatic heterocycles. The van der Waals surface area contributed by atoms with Crippen molar-refractivity contribution in [3.63, 3.8) is 0 Å². The van der Waals surface area contributed by atoms with Gasteiger partial charge in [-0.25, -0.2) is 0 Å². The van der Waals surface area contributed by atoms with Crippen LogP contribution < -0.4 is 16.4 Å². The van der Waals surface area contributed by atoms with Crippen LogP contribution in [0.15, 0.2) is 18.5 Å². The minimum Gasteiger partial charge on any atom is -0.374 e. The van der Waals surface area contributed by atoms with Crippen LogP contribution in [-0.4, -0.2) is 63.3 Å². The Bertz CT molecular complexity index is 906. The summed E-state index contributed by atoms with van der Waals surface area (Å²) in [5.74, 6) is -1.43. The Hall–Kier alpha value is -2.39. The van der Waals surface area contributed by atoms with Crippen LogP contribution in [0, 0.1) is 16.7 Å². The molecule has 1 aliphatic carbocycles. The number of alkyl halides is 2. The summed E-state index contributed by atoms with van der Waals surface area (Å²) >= 11 is 12.5. The Kier molecular flexibility index (Phi) is 6.48. The van der Waals surface area contributed by atoms with E-state index >= 15 is 0 Å². The summed E-state index contributed by atoms with van der Waals surface area (Å²) in [6, 6.07) is 0.910. The van der Waals surface area contributed by atoms with E-state index in [0.29, 0.717) is 25.2 Å². The van der Waals surface area contributed by atoms with Gasteiger partial charge in [-0.15, -0.1) is 23.2 Å². The molecule has 5 N–H and O–H groups in total. The molecule has 2 aliphatic rings. The van der Waals surface area contributed by atoms with Gasteiger partial charge in [0, 0.05) is 36.2 Å². The number of hydrogen-bond acceptors (Lipinski definition) is 6. The minimum atomic E-state index is -0.881. The Balaban J connectivity index is 1.58. The molecule has 2 atom stereocenters. The van der Waals surface area contributed by atoms with Crippen LogP contribution in [0.2, 0.25) is 0 Å². The van der Waals surface area contributed by atoms with Crippen molar-refractivity contribution in [3.05, 3.63) is 24.0 Å². The Morgan fingerprint density at radius 3 is 2.65 bits per heavy atom. The Morgan fingerprint density at radius 2 is 2.03 bits per heavy atom. The molecule has 3 rings (SSSR count). The molecular formula is C20H26Cl2N6O3. The van der Waals surface area contributed by atoms with Gasteiger partial charge >= 0.3 is 0 Å². The van der Waals surface area contributed by atoms with Gasteiger partial charge in [-0.05, 0) is 18.9 Å². The third-order valence-electron chi connectivity index (χ3n) is 6.21. The van der Waals surface area contributed by atoms with Gasteiger partial charge in [0.15, 0.2) is 0 Å². The number of hydrogen-bond donors (Lipinski definition) is 4. The second-order valence-electron chi connectivity index (χ2n) is 8.40. The predicted molar refractivity (Wildman–Crippen MR) is 118 cm³/mol. The molecule has 0 spiro atoms. The highest BCUT2D eigenvalue weighted by atomic mass is 35.5. The van der Waals surface area contributed by atoms with Crippen molar-refractivity contribution in [2.24, 2.45) is 17.1 Å². The second kappa shape index (κ2) is 8.63. The topological polar surface area (TPSA) is 141 Å². The Labute approximate surface area is 190 Å². The molecule has 1 aromatic rings. The number of carbonyl (C=O) groups is 3. The monoisotopic (exact) mass is 468 g/mol. The quantitative estimate of drug-likeness (QED) is 0.335. The molecule has 11 heteroatoms. The standard InChI is InChI=1S/C20H26Cl2N6O3/c1-19(2)14(20(19,21)22)9-27-18(31)13-4-3-7-28(13)15(29)10-26-12-8-25-6-5-11(12)16(23)17(24)30/h5-6,8,13-14,23,26H,3-4,7,9-10H2,1-2H3,(H2,24,30)(H,27,31)/t13-,14+/m0/s1. The molecule has 0 unspecified atom stereocenters. The number of likely N-dealkylation sites (tertiary alicyclic amines) is 1. The van der Waals surface area contributed by atoms with Crippen molar-refractivity contribution in [1.82, 2.24) is 15.2 Å². The predicted octanol–water partition coefficient (Wildman–Crippen LogP) is 1.28. The number of carbonyl (C=O) groups excluding carboxylic acids is 3. The summed E-state index contributed by atoms with van der Waals surface area (Å²) in [6.45, 7) is 4.61. The van der Waals surface area contributed by atoms with E-state index in [1.165, 1.54) is 23.4 Å². The van der Waals surface area contributed by atoms with E-state index in [1.807, 2.05) is 13.8 Å². The van der Waals surface area contributed by atoms with Gasteiger partial charge in [-0.2, -0.15) is 0 Å². The molecule has 0 radical (unpaired) electrons. The van der Waals surface area contributed by atoms with Gasteiger partial charge in [0.25, 0.3) is 5.91 Å². The summed E-state index contributed by atoms with van der Waals surface area (Å²) in [6.07, 6.45) is 4.13. The summed E-state index contributed by atoms with van der Waals surface area (Å²) in [5, 5.41) is 13.6. The molecule has 2 heterocycles. The first-order chi connectivity index (χ1) is 14.5. The van der Waals surface area contributed by atoms with Crippen LogP contribution >= 0.6 is 23.2 Å². The molecule has 0 bridgehead atoms. The minimum absolute atomic E-state index is 0.0518. The number of rotatable bonds is 8. The van der Waals surface area contributed by atoms with Crippen molar-refractivity contribution < 1.29 is 14.4 Å². The molecule has 168 valence electrons. The van der Waals surface area contributed by atoms with Gasteiger partial charge in [0.1, 0.15) is 16.1 Å². The van der Waals surface area contributed by atoms with Crippen LogP contribution in [0.3, 0.4) is 0 Å². The van der Waals surface area contributed by atoms with E-state index in [2.05, 4.69) is 15.6 Å². The fraction of sp³-hybridized carbons (Fsp3) is 0.550. The van der Waals surface area contributed by atoms with Crippen molar-refractivity contribution >= 4 is 52.3 Å². The lowest BCUT2D eigenvalue weighted by atomic mass is 10.1. The lowest BCUT2D eigenvalue weighted by Gasteiger charge is -2.24. The maximum atomic E-state index is 12.8. The van der Waals surface area contributed by atoms with Crippen molar-refractivity contribution in [2.75, 3.05) is 25.0 Å². The van der Waals surface area contributed by atoms with Crippen LogP contribution in [0.25, 0.3) is 0 Å². The Morgan fingerprint density at radius 1 is 1.35 bits per heavy atom. The molecule has 1 aliphatic heterocycles. The van der Waals surface area contributed by atoms with Gasteiger partial charge < -0.3 is 21.3 Å². The molecule has 2 fully saturated rings. The van der Waals surface area contributed by atoms with Gasteiger partial charge in [-0.3, -0.25) is 24.8 Å². The molecule has 31 heavy (non-hydrogen) atoms. The van der Waals surface area contributed by atoms with Gasteiger partial charge in [0.05, 0.1) is 18.4 Å². The number of nitrogens with zero attached hydrogens (tertiary/aromatic N) is 2. The molecule has 0 aromatic carbocycles. The first kappa shape index (κ1) is 23.3. The second-order valence-corrected chi connectivity index (χ2v) is 9.79. The highest BCUT2D eigenvalue weighted by molar-refractivity contribution is 6.51. The molecule has 9 nitrogen and oxygen atoms in total. The summed E-state index contributed by atoms with van der Waals surface area (Å²) in [5.41, 5.74) is 5.12. The maximum Gasteiger partial charge on any atom is 0.267 e. The molecule has 1 saturated heterocycles. The van der Waals surface area contributed by atoms with Crippen LogP contribution in [0.4, 0.5) is 5.69 Å². The van der Waals surface area contributed by atoms with Crippen molar-refractivity contribution in [2.45, 2.75) is 37.1 Å². The average Bonchev–Trinajstić information content (AvgIpc) is 3.07. The third-order valence-corrected chi connectivity index (χ3v) is 7.71. The van der Waals surface area contributed by atoms with E-state index in [9.17, 15) is 14.4 Å². The van der Waals surface area contributed by atoms with Gasteiger partial charge in [0.2, 0.25) is 11.8 Å². The number of aromatic nitrogens is 1. The van der Waals surface area contributed by atoms with Crippen LogP contribution in [0.5, 0.6) is 0 Å². The number of amides is 3. The highest BCUT2D eigenvalue weighted by Crippen LogP contribution is 2.68. The van der Waals surface area contributed by atoms with Gasteiger partial charge in [-0.1, -0.05) is 13.8 Å².